The zero-order chi connectivity index (χ0) is 10.5. The molecule has 3 heteroatoms. The van der Waals surface area contributed by atoms with Crippen molar-refractivity contribution in [2.24, 2.45) is 5.73 Å². The highest BCUT2D eigenvalue weighted by Crippen LogP contribution is 2.18. The van der Waals surface area contributed by atoms with Crippen LogP contribution in [0.5, 0.6) is 0 Å². The Hall–Kier alpha value is -0.930. The van der Waals surface area contributed by atoms with Crippen LogP contribution in [0.15, 0.2) is 24.5 Å². The molecule has 82 valence electrons. The molecule has 2 heterocycles. The Morgan fingerprint density at radius 2 is 2.13 bits per heavy atom. The minimum atomic E-state index is 0.576. The van der Waals surface area contributed by atoms with Crippen LogP contribution in [-0.2, 0) is 6.54 Å². The highest BCUT2D eigenvalue weighted by atomic mass is 15.2. The van der Waals surface area contributed by atoms with E-state index in [9.17, 15) is 0 Å². The van der Waals surface area contributed by atoms with Gasteiger partial charge in [-0.1, -0.05) is 6.42 Å². The Balaban J connectivity index is 1.97. The van der Waals surface area contributed by atoms with Gasteiger partial charge in [-0.2, -0.15) is 0 Å². The van der Waals surface area contributed by atoms with Gasteiger partial charge in [0.25, 0.3) is 0 Å². The van der Waals surface area contributed by atoms with Crippen molar-refractivity contribution >= 4 is 0 Å². The molecule has 0 aromatic carbocycles. The summed E-state index contributed by atoms with van der Waals surface area (Å²) >= 11 is 0. The fourth-order valence-corrected chi connectivity index (χ4v) is 2.26. The lowest BCUT2D eigenvalue weighted by molar-refractivity contribution is 0.145. The van der Waals surface area contributed by atoms with E-state index in [1.807, 2.05) is 12.4 Å². The first-order valence-electron chi connectivity index (χ1n) is 5.73. The van der Waals surface area contributed by atoms with Gasteiger partial charge in [-0.3, -0.25) is 9.88 Å². The molecule has 1 aromatic rings. The number of hydrogen-bond acceptors (Lipinski definition) is 3. The molecule has 0 bridgehead atoms. The summed E-state index contributed by atoms with van der Waals surface area (Å²) < 4.78 is 0. The van der Waals surface area contributed by atoms with Gasteiger partial charge in [-0.25, -0.2) is 0 Å². The van der Waals surface area contributed by atoms with E-state index in [2.05, 4.69) is 22.0 Å². The van der Waals surface area contributed by atoms with E-state index in [-0.39, 0.29) is 0 Å². The van der Waals surface area contributed by atoms with E-state index in [4.69, 9.17) is 5.73 Å². The van der Waals surface area contributed by atoms with E-state index in [1.165, 1.54) is 31.4 Å². The molecule has 1 fully saturated rings. The third-order valence-corrected chi connectivity index (χ3v) is 3.16. The molecule has 1 saturated heterocycles. The van der Waals surface area contributed by atoms with E-state index in [0.717, 1.165) is 13.1 Å². The highest BCUT2D eigenvalue weighted by Gasteiger charge is 2.20. The fraction of sp³-hybridized carbons (Fsp3) is 0.583. The standard InChI is InChI=1S/C12H19N3/c13-9-12-3-1-2-8-15(12)10-11-4-6-14-7-5-11/h4-7,12H,1-3,8-10,13H2. The zero-order valence-electron chi connectivity index (χ0n) is 9.10. The van der Waals surface area contributed by atoms with E-state index < -0.39 is 0 Å². The minimum absolute atomic E-state index is 0.576. The van der Waals surface area contributed by atoms with Crippen LogP contribution in [0.1, 0.15) is 24.8 Å². The smallest absolute Gasteiger partial charge is 0.0271 e. The normalized spacial score (nSPS) is 22.9. The summed E-state index contributed by atoms with van der Waals surface area (Å²) in [4.78, 5) is 6.53. The first-order valence-corrected chi connectivity index (χ1v) is 5.73. The van der Waals surface area contributed by atoms with Gasteiger partial charge >= 0.3 is 0 Å². The maximum atomic E-state index is 5.79. The summed E-state index contributed by atoms with van der Waals surface area (Å²) in [6, 6.07) is 4.75. The third-order valence-electron chi connectivity index (χ3n) is 3.16. The lowest BCUT2D eigenvalue weighted by Gasteiger charge is -2.34. The number of nitrogens with zero attached hydrogens (tertiary/aromatic N) is 2. The summed E-state index contributed by atoms with van der Waals surface area (Å²) in [5, 5.41) is 0. The SMILES string of the molecule is NCC1CCCCN1Cc1ccncc1. The Morgan fingerprint density at radius 3 is 2.87 bits per heavy atom. The predicted octanol–water partition coefficient (Wildman–Crippen LogP) is 1.39. The van der Waals surface area contributed by atoms with Gasteiger partial charge < -0.3 is 5.73 Å². The van der Waals surface area contributed by atoms with Crippen LogP contribution in [0.25, 0.3) is 0 Å². The molecule has 1 unspecified atom stereocenters. The van der Waals surface area contributed by atoms with Crippen molar-refractivity contribution in [3.05, 3.63) is 30.1 Å². The summed E-state index contributed by atoms with van der Waals surface area (Å²) in [5.41, 5.74) is 7.13. The molecule has 1 aromatic heterocycles. The molecule has 2 rings (SSSR count). The van der Waals surface area contributed by atoms with Crippen LogP contribution in [0.2, 0.25) is 0 Å². The van der Waals surface area contributed by atoms with Crippen molar-refractivity contribution in [2.45, 2.75) is 31.8 Å². The second-order valence-corrected chi connectivity index (χ2v) is 4.21. The molecule has 1 aliphatic heterocycles. The van der Waals surface area contributed by atoms with Crippen LogP contribution < -0.4 is 5.73 Å². The van der Waals surface area contributed by atoms with E-state index in [1.54, 1.807) is 0 Å². The first kappa shape index (κ1) is 10.6. The Morgan fingerprint density at radius 1 is 1.33 bits per heavy atom. The van der Waals surface area contributed by atoms with E-state index in [0.29, 0.717) is 6.04 Å². The minimum Gasteiger partial charge on any atom is -0.329 e. The van der Waals surface area contributed by atoms with Crippen LogP contribution in [0.4, 0.5) is 0 Å². The zero-order valence-corrected chi connectivity index (χ0v) is 9.10. The predicted molar refractivity (Wildman–Crippen MR) is 61.3 cm³/mol. The molecule has 0 amide bonds. The Bertz CT molecular complexity index is 286. The second kappa shape index (κ2) is 5.24. The number of rotatable bonds is 3. The maximum absolute atomic E-state index is 5.79. The lowest BCUT2D eigenvalue weighted by atomic mass is 10.0. The second-order valence-electron chi connectivity index (χ2n) is 4.21. The molecule has 0 saturated carbocycles. The topological polar surface area (TPSA) is 42.1 Å². The van der Waals surface area contributed by atoms with Crippen molar-refractivity contribution < 1.29 is 0 Å². The van der Waals surface area contributed by atoms with Crippen molar-refractivity contribution in [1.82, 2.24) is 9.88 Å². The number of hydrogen-bond donors (Lipinski definition) is 1. The first-order chi connectivity index (χ1) is 7.40. The molecular weight excluding hydrogens is 186 g/mol. The highest BCUT2D eigenvalue weighted by molar-refractivity contribution is 5.09. The Kier molecular flexibility index (Phi) is 3.69. The third kappa shape index (κ3) is 2.76. The molecule has 1 aliphatic rings. The average Bonchev–Trinajstić information content (AvgIpc) is 2.31. The van der Waals surface area contributed by atoms with E-state index >= 15 is 0 Å². The largest absolute Gasteiger partial charge is 0.329 e. The van der Waals surface area contributed by atoms with Crippen molar-refractivity contribution in [1.29, 1.82) is 0 Å². The molecular formula is C12H19N3. The van der Waals surface area contributed by atoms with Gasteiger partial charge in [0.15, 0.2) is 0 Å². The molecule has 0 radical (unpaired) electrons. The summed E-state index contributed by atoms with van der Waals surface area (Å²) in [6.45, 7) is 2.99. The molecule has 3 nitrogen and oxygen atoms in total. The molecule has 0 spiro atoms. The monoisotopic (exact) mass is 205 g/mol. The van der Waals surface area contributed by atoms with Gasteiger partial charge in [0, 0.05) is 31.5 Å². The number of nitrogens with two attached hydrogens (primary N) is 1. The molecule has 15 heavy (non-hydrogen) atoms. The van der Waals surface area contributed by atoms with Crippen molar-refractivity contribution in [3.63, 3.8) is 0 Å². The average molecular weight is 205 g/mol. The quantitative estimate of drug-likeness (QED) is 0.811. The summed E-state index contributed by atoms with van der Waals surface area (Å²) in [6.07, 6.45) is 7.60. The van der Waals surface area contributed by atoms with Gasteiger partial charge in [-0.05, 0) is 37.1 Å². The van der Waals surface area contributed by atoms with Crippen LogP contribution >= 0.6 is 0 Å². The van der Waals surface area contributed by atoms with Gasteiger partial charge in [0.2, 0.25) is 0 Å². The van der Waals surface area contributed by atoms with Gasteiger partial charge in [-0.15, -0.1) is 0 Å². The maximum Gasteiger partial charge on any atom is 0.0271 e. The van der Waals surface area contributed by atoms with Crippen molar-refractivity contribution in [2.75, 3.05) is 13.1 Å². The number of piperidine rings is 1. The van der Waals surface area contributed by atoms with Gasteiger partial charge in [0.05, 0.1) is 0 Å². The number of aromatic nitrogens is 1. The molecule has 0 aliphatic carbocycles. The Labute approximate surface area is 91.3 Å². The van der Waals surface area contributed by atoms with Crippen LogP contribution in [0, 0.1) is 0 Å². The van der Waals surface area contributed by atoms with Crippen LogP contribution in [0.3, 0.4) is 0 Å². The summed E-state index contributed by atoms with van der Waals surface area (Å²) in [5.74, 6) is 0. The molecule has 1 atom stereocenters. The number of likely N-dealkylation sites (tertiary alicyclic amines) is 1. The fourth-order valence-electron chi connectivity index (χ4n) is 2.26. The molecule has 2 N–H and O–H groups in total. The van der Waals surface area contributed by atoms with Crippen LogP contribution in [-0.4, -0.2) is 29.0 Å². The lowest BCUT2D eigenvalue weighted by Crippen LogP contribution is -2.43. The number of pyridine rings is 1. The van der Waals surface area contributed by atoms with Crippen molar-refractivity contribution in [3.8, 4) is 0 Å². The summed E-state index contributed by atoms with van der Waals surface area (Å²) in [7, 11) is 0. The van der Waals surface area contributed by atoms with Gasteiger partial charge in [0.1, 0.15) is 0 Å².